The Hall–Kier alpha value is -1.99. The molecule has 0 amide bonds. The number of thiophene rings is 1. The molecule has 0 saturated carbocycles. The molecule has 1 aliphatic carbocycles. The molecule has 0 unspecified atom stereocenters. The maximum absolute atomic E-state index is 12.6. The molecule has 0 aliphatic heterocycles. The molecule has 0 atom stereocenters. The van der Waals surface area contributed by atoms with Crippen LogP contribution in [0.3, 0.4) is 0 Å². The third-order valence-corrected chi connectivity index (χ3v) is 6.21. The number of ketones is 1. The van der Waals surface area contributed by atoms with Crippen molar-refractivity contribution in [2.24, 2.45) is 0 Å². The summed E-state index contributed by atoms with van der Waals surface area (Å²) in [6.07, 6.45) is 4.69. The van der Waals surface area contributed by atoms with E-state index in [0.29, 0.717) is 17.5 Å². The van der Waals surface area contributed by atoms with E-state index >= 15 is 0 Å². The van der Waals surface area contributed by atoms with Crippen LogP contribution in [0.1, 0.15) is 39.2 Å². The van der Waals surface area contributed by atoms with Crippen molar-refractivity contribution in [2.75, 3.05) is 5.75 Å². The lowest BCUT2D eigenvalue weighted by molar-refractivity contribution is 0.102. The Bertz CT molecular complexity index is 873. The molecule has 0 spiro atoms. The van der Waals surface area contributed by atoms with Crippen molar-refractivity contribution in [3.8, 4) is 0 Å². The van der Waals surface area contributed by atoms with Crippen LogP contribution in [-0.2, 0) is 19.4 Å². The number of carbonyl (C=O) groups excluding carboxylic acids is 1. The van der Waals surface area contributed by atoms with E-state index in [4.69, 9.17) is 0 Å². The molecule has 0 N–H and O–H groups in total. The van der Waals surface area contributed by atoms with Crippen molar-refractivity contribution in [3.63, 3.8) is 0 Å². The molecule has 2 aromatic heterocycles. The van der Waals surface area contributed by atoms with Crippen LogP contribution in [0.15, 0.2) is 40.9 Å². The Morgan fingerprint density at radius 1 is 1.20 bits per heavy atom. The average Bonchev–Trinajstić information content (AvgIpc) is 3.32. The first-order valence-corrected chi connectivity index (χ1v) is 10.2. The highest BCUT2D eigenvalue weighted by molar-refractivity contribution is 7.99. The Morgan fingerprint density at radius 2 is 2.08 bits per heavy atom. The van der Waals surface area contributed by atoms with E-state index in [2.05, 4.69) is 33.7 Å². The van der Waals surface area contributed by atoms with E-state index < -0.39 is 0 Å². The highest BCUT2D eigenvalue weighted by atomic mass is 32.2. The van der Waals surface area contributed by atoms with E-state index in [0.717, 1.165) is 18.4 Å². The first kappa shape index (κ1) is 16.5. The normalized spacial score (nSPS) is 13.6. The van der Waals surface area contributed by atoms with E-state index in [1.807, 2.05) is 17.5 Å². The van der Waals surface area contributed by atoms with Crippen LogP contribution in [0.4, 0.5) is 0 Å². The third kappa shape index (κ3) is 3.82. The minimum absolute atomic E-state index is 0.129. The second-order valence-corrected chi connectivity index (χ2v) is 8.08. The summed E-state index contributed by atoms with van der Waals surface area (Å²) in [5.74, 6) is 0.480. The molecule has 7 heteroatoms. The maximum Gasteiger partial charge on any atom is 0.210 e. The fourth-order valence-corrected chi connectivity index (χ4v) is 4.53. The van der Waals surface area contributed by atoms with Crippen molar-refractivity contribution in [3.05, 3.63) is 57.3 Å². The van der Waals surface area contributed by atoms with Gasteiger partial charge in [0.2, 0.25) is 5.16 Å². The number of carbonyl (C=O) groups is 1. The summed E-state index contributed by atoms with van der Waals surface area (Å²) in [6.45, 7) is 0.639. The number of thioether (sulfide) groups is 1. The zero-order valence-corrected chi connectivity index (χ0v) is 15.4. The summed E-state index contributed by atoms with van der Waals surface area (Å²) in [7, 11) is 0. The van der Waals surface area contributed by atoms with E-state index in [9.17, 15) is 4.79 Å². The van der Waals surface area contributed by atoms with Crippen molar-refractivity contribution in [1.29, 1.82) is 0 Å². The highest BCUT2D eigenvalue weighted by Gasteiger charge is 2.15. The minimum atomic E-state index is 0.129. The maximum atomic E-state index is 12.6. The second kappa shape index (κ2) is 7.49. The molecule has 2 heterocycles. The first-order chi connectivity index (χ1) is 12.3. The quantitative estimate of drug-likeness (QED) is 0.490. The topological polar surface area (TPSA) is 60.7 Å². The lowest BCUT2D eigenvalue weighted by Gasteiger charge is -2.16. The van der Waals surface area contributed by atoms with Crippen molar-refractivity contribution in [2.45, 2.75) is 37.4 Å². The molecular weight excluding hydrogens is 352 g/mol. The third-order valence-electron chi connectivity index (χ3n) is 4.39. The SMILES string of the molecule is O=C(CSc1nnnn1Cc1cccs1)c1ccc2c(c1)CCCC2. The van der Waals surface area contributed by atoms with Crippen molar-refractivity contribution >= 4 is 28.9 Å². The number of tetrazole rings is 1. The first-order valence-electron chi connectivity index (χ1n) is 8.36. The molecule has 0 saturated heterocycles. The van der Waals surface area contributed by atoms with Gasteiger partial charge < -0.3 is 0 Å². The molecule has 25 heavy (non-hydrogen) atoms. The molecule has 1 aromatic carbocycles. The fourth-order valence-electron chi connectivity index (χ4n) is 3.07. The number of Topliss-reactive ketones (excluding diaryl/α,β-unsaturated/α-hetero) is 1. The van der Waals surface area contributed by atoms with Crippen molar-refractivity contribution in [1.82, 2.24) is 20.2 Å². The predicted molar refractivity (Wildman–Crippen MR) is 99.4 cm³/mol. The highest BCUT2D eigenvalue weighted by Crippen LogP contribution is 2.24. The Kier molecular flexibility index (Phi) is 4.94. The number of hydrogen-bond acceptors (Lipinski definition) is 6. The van der Waals surface area contributed by atoms with Gasteiger partial charge in [-0.3, -0.25) is 4.79 Å². The zero-order valence-electron chi connectivity index (χ0n) is 13.7. The Labute approximate surface area is 154 Å². The summed E-state index contributed by atoms with van der Waals surface area (Å²) in [4.78, 5) is 13.7. The Balaban J connectivity index is 1.42. The number of aryl methyl sites for hydroxylation is 2. The molecule has 128 valence electrons. The standard InChI is InChI=1S/C18H18N4OS2/c23-17(15-8-7-13-4-1-2-5-14(13)10-15)12-25-18-19-20-21-22(18)11-16-6-3-9-24-16/h3,6-10H,1-2,4-5,11-12H2. The second-order valence-electron chi connectivity index (χ2n) is 6.10. The van der Waals surface area contributed by atoms with Crippen molar-refractivity contribution < 1.29 is 4.79 Å². The molecule has 0 bridgehead atoms. The van der Waals surface area contributed by atoms with Crippen LogP contribution >= 0.6 is 23.1 Å². The van der Waals surface area contributed by atoms with Gasteiger partial charge >= 0.3 is 0 Å². The van der Waals surface area contributed by atoms with Gasteiger partial charge in [-0.2, -0.15) is 0 Å². The summed E-state index contributed by atoms with van der Waals surface area (Å²) in [5.41, 5.74) is 3.53. The lowest BCUT2D eigenvalue weighted by atomic mass is 9.90. The fraction of sp³-hybridized carbons (Fsp3) is 0.333. The van der Waals surface area contributed by atoms with Gasteiger partial charge in [0.1, 0.15) is 0 Å². The number of rotatable bonds is 6. The molecular formula is C18H18N4OS2. The number of fused-ring (bicyclic) bond motifs is 1. The van der Waals surface area contributed by atoms with Crippen LogP contribution < -0.4 is 0 Å². The van der Waals surface area contributed by atoms with Crippen LogP contribution in [-0.4, -0.2) is 31.7 Å². The zero-order chi connectivity index (χ0) is 17.1. The molecule has 3 aromatic rings. The summed E-state index contributed by atoms with van der Waals surface area (Å²) < 4.78 is 1.75. The molecule has 0 radical (unpaired) electrons. The largest absolute Gasteiger partial charge is 0.293 e. The molecule has 5 nitrogen and oxygen atoms in total. The number of benzene rings is 1. The van der Waals surface area contributed by atoms with E-state index in [1.54, 1.807) is 16.0 Å². The molecule has 0 fully saturated rings. The molecule has 1 aliphatic rings. The van der Waals surface area contributed by atoms with Gasteiger partial charge in [0.05, 0.1) is 12.3 Å². The Morgan fingerprint density at radius 3 is 2.92 bits per heavy atom. The predicted octanol–water partition coefficient (Wildman–Crippen LogP) is 3.64. The van der Waals surface area contributed by atoms with Crippen LogP contribution in [0.25, 0.3) is 0 Å². The number of aromatic nitrogens is 4. The monoisotopic (exact) mass is 370 g/mol. The van der Waals surface area contributed by atoms with E-state index in [1.165, 1.54) is 40.6 Å². The lowest BCUT2D eigenvalue weighted by Crippen LogP contribution is -2.09. The molecule has 4 rings (SSSR count). The van der Waals surface area contributed by atoms with Crippen LogP contribution in [0.2, 0.25) is 0 Å². The van der Waals surface area contributed by atoms with Crippen LogP contribution in [0, 0.1) is 0 Å². The van der Waals surface area contributed by atoms with Gasteiger partial charge in [0.25, 0.3) is 0 Å². The average molecular weight is 371 g/mol. The summed E-state index contributed by atoms with van der Waals surface area (Å²) >= 11 is 3.07. The van der Waals surface area contributed by atoms with Crippen LogP contribution in [0.5, 0.6) is 0 Å². The minimum Gasteiger partial charge on any atom is -0.293 e. The van der Waals surface area contributed by atoms with Gasteiger partial charge in [-0.15, -0.1) is 16.4 Å². The van der Waals surface area contributed by atoms with Gasteiger partial charge in [-0.1, -0.05) is 30.0 Å². The van der Waals surface area contributed by atoms with E-state index in [-0.39, 0.29) is 5.78 Å². The number of nitrogens with zero attached hydrogens (tertiary/aromatic N) is 4. The summed E-state index contributed by atoms with van der Waals surface area (Å²) in [6, 6.07) is 10.2. The number of hydrogen-bond donors (Lipinski definition) is 0. The van der Waals surface area contributed by atoms with Gasteiger partial charge in [-0.05, 0) is 64.7 Å². The smallest absolute Gasteiger partial charge is 0.210 e. The van der Waals surface area contributed by atoms with Gasteiger partial charge in [-0.25, -0.2) is 4.68 Å². The summed E-state index contributed by atoms with van der Waals surface area (Å²) in [5, 5.41) is 14.5. The van der Waals surface area contributed by atoms with Gasteiger partial charge in [0, 0.05) is 10.4 Å². The van der Waals surface area contributed by atoms with Gasteiger partial charge in [0.15, 0.2) is 5.78 Å².